The first-order valence-corrected chi connectivity index (χ1v) is 7.21. The summed E-state index contributed by atoms with van der Waals surface area (Å²) in [6.07, 6.45) is 7.66. The third-order valence-corrected chi connectivity index (χ3v) is 4.25. The van der Waals surface area contributed by atoms with Crippen LogP contribution in [0.5, 0.6) is 0 Å². The first-order valence-electron chi connectivity index (χ1n) is 7.21. The summed E-state index contributed by atoms with van der Waals surface area (Å²) in [6.45, 7) is 6.73. The molecule has 1 aliphatic carbocycles. The van der Waals surface area contributed by atoms with Crippen LogP contribution < -0.4 is 0 Å². The lowest BCUT2D eigenvalue weighted by Crippen LogP contribution is -2.22. The highest BCUT2D eigenvalue weighted by Gasteiger charge is 2.27. The van der Waals surface area contributed by atoms with Gasteiger partial charge in [0, 0.05) is 0 Å². The fourth-order valence-corrected chi connectivity index (χ4v) is 3.43. The molecule has 0 radical (unpaired) electrons. The molecule has 0 nitrogen and oxygen atoms in total. The van der Waals surface area contributed by atoms with Gasteiger partial charge in [0.2, 0.25) is 0 Å². The minimum atomic E-state index is -0.0889. The van der Waals surface area contributed by atoms with Crippen LogP contribution in [0.3, 0.4) is 0 Å². The van der Waals surface area contributed by atoms with E-state index >= 15 is 0 Å². The quantitative estimate of drug-likeness (QED) is 0.682. The fraction of sp³-hybridized carbons (Fsp3) is 0.647. The third-order valence-electron chi connectivity index (χ3n) is 4.25. The summed E-state index contributed by atoms with van der Waals surface area (Å²) < 4.78 is 13.3. The summed E-state index contributed by atoms with van der Waals surface area (Å²) >= 11 is 0. The van der Waals surface area contributed by atoms with Crippen molar-refractivity contribution in [1.29, 1.82) is 0 Å². The van der Waals surface area contributed by atoms with Gasteiger partial charge in [-0.1, -0.05) is 32.8 Å². The van der Waals surface area contributed by atoms with Crippen molar-refractivity contribution in [3.05, 3.63) is 35.1 Å². The average molecular weight is 248 g/mol. The highest BCUT2D eigenvalue weighted by Crippen LogP contribution is 2.40. The highest BCUT2D eigenvalue weighted by atomic mass is 19.1. The van der Waals surface area contributed by atoms with E-state index in [9.17, 15) is 4.39 Å². The van der Waals surface area contributed by atoms with Crippen molar-refractivity contribution in [1.82, 2.24) is 0 Å². The minimum absolute atomic E-state index is 0.0889. The van der Waals surface area contributed by atoms with Crippen LogP contribution in [0.25, 0.3) is 0 Å². The molecule has 1 unspecified atom stereocenters. The van der Waals surface area contributed by atoms with Gasteiger partial charge in [0.15, 0.2) is 0 Å². The molecule has 1 atom stereocenters. The Hall–Kier alpha value is -0.850. The number of halogens is 1. The molecule has 0 saturated heterocycles. The van der Waals surface area contributed by atoms with E-state index in [1.54, 1.807) is 12.1 Å². The number of benzene rings is 1. The molecule has 1 fully saturated rings. The van der Waals surface area contributed by atoms with Gasteiger partial charge in [0.1, 0.15) is 5.82 Å². The number of hydrogen-bond acceptors (Lipinski definition) is 0. The Morgan fingerprint density at radius 1 is 1.28 bits per heavy atom. The van der Waals surface area contributed by atoms with Gasteiger partial charge in [0.05, 0.1) is 0 Å². The Labute approximate surface area is 111 Å². The van der Waals surface area contributed by atoms with E-state index in [0.717, 1.165) is 23.5 Å². The van der Waals surface area contributed by atoms with Gasteiger partial charge in [-0.2, -0.15) is 0 Å². The average Bonchev–Trinajstić information content (AvgIpc) is 2.24. The third kappa shape index (κ3) is 3.83. The normalized spacial score (nSPS) is 23.0. The monoisotopic (exact) mass is 248 g/mol. The first kappa shape index (κ1) is 13.6. The van der Waals surface area contributed by atoms with Crippen molar-refractivity contribution in [3.63, 3.8) is 0 Å². The van der Waals surface area contributed by atoms with Crippen LogP contribution in [-0.2, 0) is 6.42 Å². The molecule has 1 aromatic rings. The Bertz CT molecular complexity index is 386. The lowest BCUT2D eigenvalue weighted by Gasteiger charge is -2.35. The Morgan fingerprint density at radius 2 is 2.06 bits per heavy atom. The van der Waals surface area contributed by atoms with Gasteiger partial charge in [0.25, 0.3) is 0 Å². The molecule has 0 spiro atoms. The summed E-state index contributed by atoms with van der Waals surface area (Å²) in [4.78, 5) is 0. The van der Waals surface area contributed by atoms with Crippen molar-refractivity contribution < 1.29 is 4.39 Å². The van der Waals surface area contributed by atoms with Crippen molar-refractivity contribution in [2.75, 3.05) is 0 Å². The molecular formula is C17H25F. The molecule has 1 aliphatic rings. The molecule has 1 saturated carbocycles. The Kier molecular flexibility index (Phi) is 4.09. The fourth-order valence-electron chi connectivity index (χ4n) is 3.43. The molecule has 1 heteroatoms. The topological polar surface area (TPSA) is 0 Å². The van der Waals surface area contributed by atoms with E-state index in [1.807, 2.05) is 6.92 Å². The van der Waals surface area contributed by atoms with Crippen LogP contribution in [0.1, 0.15) is 57.1 Å². The van der Waals surface area contributed by atoms with Crippen LogP contribution in [0.4, 0.5) is 4.39 Å². The maximum absolute atomic E-state index is 13.3. The predicted molar refractivity (Wildman–Crippen MR) is 75.2 cm³/mol. The van der Waals surface area contributed by atoms with Crippen LogP contribution in [-0.4, -0.2) is 0 Å². The summed E-state index contributed by atoms with van der Waals surface area (Å²) in [6, 6.07) is 5.42. The van der Waals surface area contributed by atoms with Crippen molar-refractivity contribution in [2.45, 2.75) is 59.3 Å². The smallest absolute Gasteiger partial charge is 0.123 e. The second-order valence-corrected chi connectivity index (χ2v) is 6.80. The van der Waals surface area contributed by atoms with Gasteiger partial charge < -0.3 is 0 Å². The predicted octanol–water partition coefficient (Wildman–Crippen LogP) is 5.28. The second-order valence-electron chi connectivity index (χ2n) is 6.80. The zero-order valence-corrected chi connectivity index (χ0v) is 11.9. The zero-order chi connectivity index (χ0) is 13.2. The summed E-state index contributed by atoms with van der Waals surface area (Å²) in [5, 5.41) is 0. The minimum Gasteiger partial charge on any atom is -0.207 e. The van der Waals surface area contributed by atoms with Crippen molar-refractivity contribution in [2.24, 2.45) is 11.3 Å². The maximum atomic E-state index is 13.3. The molecule has 0 aliphatic heterocycles. The van der Waals surface area contributed by atoms with Crippen LogP contribution in [0.15, 0.2) is 18.2 Å². The van der Waals surface area contributed by atoms with Crippen molar-refractivity contribution >= 4 is 0 Å². The Balaban J connectivity index is 1.91. The second kappa shape index (κ2) is 5.42. The standard InChI is InChI=1S/C17H25F/c1-13-9-15(11-16(18)10-13)7-6-14-5-4-8-17(2,3)12-14/h9-11,14H,4-8,12H2,1-3H3. The SMILES string of the molecule is Cc1cc(F)cc(CCC2CCCC(C)(C)C2)c1. The molecule has 0 bridgehead atoms. The van der Waals surface area contributed by atoms with E-state index in [1.165, 1.54) is 32.1 Å². The van der Waals surface area contributed by atoms with Gasteiger partial charge in [-0.05, 0) is 67.2 Å². The van der Waals surface area contributed by atoms with Crippen LogP contribution >= 0.6 is 0 Å². The van der Waals surface area contributed by atoms with Gasteiger partial charge in [-0.25, -0.2) is 4.39 Å². The zero-order valence-electron chi connectivity index (χ0n) is 11.9. The largest absolute Gasteiger partial charge is 0.207 e. The lowest BCUT2D eigenvalue weighted by atomic mass is 9.71. The highest BCUT2D eigenvalue weighted by molar-refractivity contribution is 5.23. The van der Waals surface area contributed by atoms with E-state index in [0.29, 0.717) is 5.41 Å². The summed E-state index contributed by atoms with van der Waals surface area (Å²) in [5.74, 6) is 0.742. The van der Waals surface area contributed by atoms with Gasteiger partial charge in [-0.3, -0.25) is 0 Å². The molecule has 0 aromatic heterocycles. The van der Waals surface area contributed by atoms with E-state index in [4.69, 9.17) is 0 Å². The summed E-state index contributed by atoms with van der Waals surface area (Å²) in [5.41, 5.74) is 2.71. The number of hydrogen-bond donors (Lipinski definition) is 0. The molecule has 1 aromatic carbocycles. The molecular weight excluding hydrogens is 223 g/mol. The van der Waals surface area contributed by atoms with Gasteiger partial charge in [-0.15, -0.1) is 0 Å². The molecule has 100 valence electrons. The van der Waals surface area contributed by atoms with Crippen molar-refractivity contribution in [3.8, 4) is 0 Å². The number of rotatable bonds is 3. The lowest BCUT2D eigenvalue weighted by molar-refractivity contribution is 0.173. The first-order chi connectivity index (χ1) is 8.44. The molecule has 0 heterocycles. The Morgan fingerprint density at radius 3 is 2.72 bits per heavy atom. The number of aryl methyl sites for hydroxylation is 2. The molecule has 0 amide bonds. The van der Waals surface area contributed by atoms with Crippen LogP contribution in [0, 0.1) is 24.1 Å². The van der Waals surface area contributed by atoms with Gasteiger partial charge >= 0.3 is 0 Å². The molecule has 18 heavy (non-hydrogen) atoms. The van der Waals surface area contributed by atoms with E-state index in [2.05, 4.69) is 19.9 Å². The molecule has 2 rings (SSSR count). The maximum Gasteiger partial charge on any atom is 0.123 e. The van der Waals surface area contributed by atoms with E-state index < -0.39 is 0 Å². The molecule has 0 N–H and O–H groups in total. The van der Waals surface area contributed by atoms with E-state index in [-0.39, 0.29) is 5.82 Å². The summed E-state index contributed by atoms with van der Waals surface area (Å²) in [7, 11) is 0. The van der Waals surface area contributed by atoms with Crippen LogP contribution in [0.2, 0.25) is 0 Å².